The van der Waals surface area contributed by atoms with E-state index >= 15 is 0 Å². The lowest BCUT2D eigenvalue weighted by Gasteiger charge is -2.19. The summed E-state index contributed by atoms with van der Waals surface area (Å²) in [6, 6.07) is 37.1. The zero-order valence-corrected chi connectivity index (χ0v) is 24.4. The van der Waals surface area contributed by atoms with Crippen molar-refractivity contribution in [2.75, 3.05) is 5.75 Å². The van der Waals surface area contributed by atoms with Gasteiger partial charge in [0.05, 0.1) is 11.6 Å². The molecule has 0 saturated heterocycles. The predicted molar refractivity (Wildman–Crippen MR) is 171 cm³/mol. The number of carbonyl (C=O) groups is 1. The molecular formula is C35H33N5OS. The number of carbonyl (C=O) groups excluding carboxylic acids is 1. The van der Waals surface area contributed by atoms with Gasteiger partial charge >= 0.3 is 0 Å². The Kier molecular flexibility index (Phi) is 8.56. The normalized spacial score (nSPS) is 12.0. The van der Waals surface area contributed by atoms with Gasteiger partial charge < -0.3 is 9.88 Å². The van der Waals surface area contributed by atoms with Crippen LogP contribution in [-0.4, -0.2) is 31.4 Å². The van der Waals surface area contributed by atoms with E-state index < -0.39 is 0 Å². The molecule has 0 aliphatic rings. The van der Waals surface area contributed by atoms with Crippen LogP contribution in [0.3, 0.4) is 0 Å². The third-order valence-corrected chi connectivity index (χ3v) is 8.47. The fraction of sp³-hybridized carbons (Fsp3) is 0.200. The van der Waals surface area contributed by atoms with Crippen LogP contribution >= 0.6 is 11.8 Å². The molecule has 1 atom stereocenters. The predicted octanol–water partition coefficient (Wildman–Crippen LogP) is 7.31. The van der Waals surface area contributed by atoms with Gasteiger partial charge in [0.2, 0.25) is 11.1 Å². The number of hydrogen-bond acceptors (Lipinski definition) is 5. The Balaban J connectivity index is 1.12. The van der Waals surface area contributed by atoms with Gasteiger partial charge in [0.1, 0.15) is 5.52 Å². The molecule has 0 saturated carbocycles. The van der Waals surface area contributed by atoms with Crippen molar-refractivity contribution in [2.45, 2.75) is 43.9 Å². The molecule has 1 amide bonds. The second kappa shape index (κ2) is 13.0. The lowest BCUT2D eigenvalue weighted by atomic mass is 9.98. The summed E-state index contributed by atoms with van der Waals surface area (Å²) in [5.74, 6) is 0.779. The lowest BCUT2D eigenvalue weighted by molar-refractivity contribution is -0.121. The van der Waals surface area contributed by atoms with Crippen LogP contribution in [0.15, 0.2) is 114 Å². The van der Waals surface area contributed by atoms with Crippen molar-refractivity contribution in [2.24, 2.45) is 0 Å². The van der Waals surface area contributed by atoms with Gasteiger partial charge in [0.15, 0.2) is 5.65 Å². The first-order valence-corrected chi connectivity index (χ1v) is 15.3. The average molecular weight is 572 g/mol. The van der Waals surface area contributed by atoms with E-state index in [0.717, 1.165) is 46.2 Å². The molecule has 6 nitrogen and oxygen atoms in total. The zero-order valence-electron chi connectivity index (χ0n) is 23.6. The Morgan fingerprint density at radius 2 is 1.57 bits per heavy atom. The van der Waals surface area contributed by atoms with Gasteiger partial charge in [-0.3, -0.25) is 4.79 Å². The third kappa shape index (κ3) is 6.37. The molecule has 7 heteroatoms. The molecule has 0 fully saturated rings. The number of para-hydroxylation sites is 1. The highest BCUT2D eigenvalue weighted by atomic mass is 32.2. The molecule has 0 bridgehead atoms. The van der Waals surface area contributed by atoms with E-state index in [4.69, 9.17) is 4.98 Å². The summed E-state index contributed by atoms with van der Waals surface area (Å²) in [4.78, 5) is 17.9. The second-order valence-electron chi connectivity index (χ2n) is 10.5. The van der Waals surface area contributed by atoms with Crippen molar-refractivity contribution in [1.29, 1.82) is 0 Å². The molecule has 1 unspecified atom stereocenters. The molecule has 2 aromatic heterocycles. The first-order valence-electron chi connectivity index (χ1n) is 14.3. The van der Waals surface area contributed by atoms with Crippen LogP contribution in [0.25, 0.3) is 22.1 Å². The molecule has 1 N–H and O–H groups in total. The third-order valence-electron chi connectivity index (χ3n) is 7.54. The van der Waals surface area contributed by atoms with Gasteiger partial charge in [-0.15, -0.1) is 10.2 Å². The van der Waals surface area contributed by atoms with Crippen LogP contribution in [0.2, 0.25) is 0 Å². The van der Waals surface area contributed by atoms with E-state index in [1.165, 1.54) is 16.7 Å². The van der Waals surface area contributed by atoms with Gasteiger partial charge in [-0.05, 0) is 48.1 Å². The van der Waals surface area contributed by atoms with Gasteiger partial charge in [0.25, 0.3) is 0 Å². The van der Waals surface area contributed by atoms with Crippen molar-refractivity contribution < 1.29 is 4.79 Å². The number of aryl methyl sites for hydroxylation is 1. The van der Waals surface area contributed by atoms with Crippen molar-refractivity contribution in [3.63, 3.8) is 0 Å². The summed E-state index contributed by atoms with van der Waals surface area (Å²) in [6.45, 7) is 2.85. The molecule has 0 aliphatic carbocycles. The van der Waals surface area contributed by atoms with E-state index in [2.05, 4.69) is 87.7 Å². The molecule has 42 heavy (non-hydrogen) atoms. The topological polar surface area (TPSA) is 72.7 Å². The molecule has 6 aromatic rings. The van der Waals surface area contributed by atoms with Gasteiger partial charge in [0, 0.05) is 24.1 Å². The highest BCUT2D eigenvalue weighted by molar-refractivity contribution is 7.99. The maximum absolute atomic E-state index is 13.0. The number of nitrogens with zero attached hydrogens (tertiary/aromatic N) is 4. The van der Waals surface area contributed by atoms with Crippen LogP contribution < -0.4 is 5.32 Å². The molecule has 2 heterocycles. The van der Waals surface area contributed by atoms with Gasteiger partial charge in [-0.25, -0.2) is 4.98 Å². The van der Waals surface area contributed by atoms with E-state index in [9.17, 15) is 4.79 Å². The molecule has 0 spiro atoms. The maximum Gasteiger partial charge on any atom is 0.220 e. The van der Waals surface area contributed by atoms with Crippen LogP contribution in [0.1, 0.15) is 41.1 Å². The standard InChI is InChI=1S/C35H33N5OS/c1-25-13-8-9-18-28(25)24-40-31-20-11-10-19-29(31)33-34(40)37-35(39-38-33)42-22-12-21-32(41)36-30(27-16-6-3-7-17-27)23-26-14-4-2-5-15-26/h2-11,13-20,30H,12,21-24H2,1H3,(H,36,41). The highest BCUT2D eigenvalue weighted by Gasteiger charge is 2.17. The van der Waals surface area contributed by atoms with Crippen molar-refractivity contribution in [1.82, 2.24) is 25.1 Å². The minimum atomic E-state index is -0.0705. The monoisotopic (exact) mass is 571 g/mol. The second-order valence-corrected chi connectivity index (χ2v) is 11.5. The van der Waals surface area contributed by atoms with E-state index in [0.29, 0.717) is 18.1 Å². The average Bonchev–Trinajstić information content (AvgIpc) is 3.33. The molecule has 4 aromatic carbocycles. The van der Waals surface area contributed by atoms with Crippen LogP contribution in [0.4, 0.5) is 0 Å². The molecule has 0 aliphatic heterocycles. The number of hydrogen-bond donors (Lipinski definition) is 1. The number of aromatic nitrogens is 4. The summed E-state index contributed by atoms with van der Waals surface area (Å²) >= 11 is 1.55. The van der Waals surface area contributed by atoms with Crippen molar-refractivity contribution in [3.05, 3.63) is 131 Å². The molecule has 210 valence electrons. The number of benzene rings is 4. The Bertz CT molecular complexity index is 1800. The van der Waals surface area contributed by atoms with Crippen LogP contribution in [0, 0.1) is 6.92 Å². The summed E-state index contributed by atoms with van der Waals surface area (Å²) in [7, 11) is 0. The molecule has 6 rings (SSSR count). The molecular weight excluding hydrogens is 538 g/mol. The number of fused-ring (bicyclic) bond motifs is 3. The molecule has 0 radical (unpaired) electrons. The van der Waals surface area contributed by atoms with Crippen LogP contribution in [0.5, 0.6) is 0 Å². The number of amides is 1. The zero-order chi connectivity index (χ0) is 28.7. The lowest BCUT2D eigenvalue weighted by Crippen LogP contribution is -2.29. The Hall–Kier alpha value is -4.49. The number of rotatable bonds is 11. The Morgan fingerprint density at radius 1 is 0.857 bits per heavy atom. The van der Waals surface area contributed by atoms with Gasteiger partial charge in [-0.2, -0.15) is 0 Å². The number of thioether (sulfide) groups is 1. The summed E-state index contributed by atoms with van der Waals surface area (Å²) < 4.78 is 2.23. The summed E-state index contributed by atoms with van der Waals surface area (Å²) in [5, 5.41) is 14.0. The summed E-state index contributed by atoms with van der Waals surface area (Å²) in [6.07, 6.45) is 1.91. The van der Waals surface area contributed by atoms with Crippen LogP contribution in [-0.2, 0) is 17.8 Å². The smallest absolute Gasteiger partial charge is 0.220 e. The van der Waals surface area contributed by atoms with Crippen molar-refractivity contribution in [3.8, 4) is 0 Å². The van der Waals surface area contributed by atoms with E-state index in [1.807, 2.05) is 48.5 Å². The fourth-order valence-corrected chi connectivity index (χ4v) is 6.04. The minimum absolute atomic E-state index is 0.0493. The fourth-order valence-electron chi connectivity index (χ4n) is 5.32. The summed E-state index contributed by atoms with van der Waals surface area (Å²) in [5.41, 5.74) is 7.55. The number of nitrogens with one attached hydrogen (secondary N) is 1. The Morgan fingerprint density at radius 3 is 2.38 bits per heavy atom. The highest BCUT2D eigenvalue weighted by Crippen LogP contribution is 2.29. The van der Waals surface area contributed by atoms with E-state index in [1.54, 1.807) is 11.8 Å². The van der Waals surface area contributed by atoms with Gasteiger partial charge in [-0.1, -0.05) is 115 Å². The van der Waals surface area contributed by atoms with Crippen molar-refractivity contribution >= 4 is 39.7 Å². The largest absolute Gasteiger partial charge is 0.349 e. The first-order chi connectivity index (χ1) is 20.7. The Labute approximate surface area is 250 Å². The minimum Gasteiger partial charge on any atom is -0.349 e. The van der Waals surface area contributed by atoms with E-state index in [-0.39, 0.29) is 11.9 Å². The first kappa shape index (κ1) is 27.7. The maximum atomic E-state index is 13.0. The quantitative estimate of drug-likeness (QED) is 0.130. The SMILES string of the molecule is Cc1ccccc1Cn1c2ccccc2c2nnc(SCCCC(=O)NC(Cc3ccccc3)c3ccccc3)nc21.